The molecule has 2 rings (SSSR count). The first-order valence-electron chi connectivity index (χ1n) is 5.12. The highest BCUT2D eigenvalue weighted by molar-refractivity contribution is 9.13. The lowest BCUT2D eigenvalue weighted by Gasteiger charge is -2.19. The molecule has 0 aromatic heterocycles. The van der Waals surface area contributed by atoms with Crippen molar-refractivity contribution in [2.45, 2.75) is 18.9 Å². The van der Waals surface area contributed by atoms with Gasteiger partial charge in [0, 0.05) is 8.95 Å². The van der Waals surface area contributed by atoms with Crippen LogP contribution in [-0.2, 0) is 4.74 Å². The van der Waals surface area contributed by atoms with Gasteiger partial charge in [-0.15, -0.1) is 0 Å². The number of hydrogen-bond donors (Lipinski definition) is 1. The molecule has 4 heteroatoms. The molecule has 1 aliphatic rings. The van der Waals surface area contributed by atoms with Crippen molar-refractivity contribution in [2.75, 3.05) is 6.61 Å². The molecule has 0 aliphatic carbocycles. The van der Waals surface area contributed by atoms with Crippen LogP contribution in [0.5, 0.6) is 0 Å². The normalized spacial score (nSPS) is 17.6. The van der Waals surface area contributed by atoms with Crippen molar-refractivity contribution in [1.29, 1.82) is 0 Å². The van der Waals surface area contributed by atoms with Crippen LogP contribution < -0.4 is 0 Å². The zero-order valence-electron chi connectivity index (χ0n) is 8.62. The van der Waals surface area contributed by atoms with E-state index < -0.39 is 6.10 Å². The maximum atomic E-state index is 10.2. The van der Waals surface area contributed by atoms with E-state index in [1.807, 2.05) is 18.2 Å². The molecule has 1 atom stereocenters. The SMILES string of the molecule is OC(C1=COCCC1)c1ccc(Br)c(Br)c1. The third kappa shape index (κ3) is 2.67. The average Bonchev–Trinajstić information content (AvgIpc) is 2.33. The Kier molecular flexibility index (Phi) is 4.05. The van der Waals surface area contributed by atoms with Gasteiger partial charge >= 0.3 is 0 Å². The number of ether oxygens (including phenoxy) is 1. The first-order valence-corrected chi connectivity index (χ1v) is 6.70. The molecule has 0 saturated carbocycles. The number of rotatable bonds is 2. The quantitative estimate of drug-likeness (QED) is 0.878. The van der Waals surface area contributed by atoms with E-state index in [9.17, 15) is 5.11 Å². The van der Waals surface area contributed by atoms with E-state index in [1.54, 1.807) is 6.26 Å². The number of aliphatic hydroxyl groups excluding tert-OH is 1. The summed E-state index contributed by atoms with van der Waals surface area (Å²) in [7, 11) is 0. The zero-order valence-corrected chi connectivity index (χ0v) is 11.8. The minimum absolute atomic E-state index is 0.565. The summed E-state index contributed by atoms with van der Waals surface area (Å²) in [6, 6.07) is 5.76. The van der Waals surface area contributed by atoms with Crippen molar-refractivity contribution in [2.24, 2.45) is 0 Å². The number of halogens is 2. The van der Waals surface area contributed by atoms with Gasteiger partial charge in [-0.1, -0.05) is 6.07 Å². The summed E-state index contributed by atoms with van der Waals surface area (Å²) < 4.78 is 7.17. The molecule has 2 nitrogen and oxygen atoms in total. The van der Waals surface area contributed by atoms with Crippen LogP contribution in [-0.4, -0.2) is 11.7 Å². The lowest BCUT2D eigenvalue weighted by Crippen LogP contribution is -2.07. The van der Waals surface area contributed by atoms with Crippen molar-refractivity contribution in [3.63, 3.8) is 0 Å². The molecule has 1 aliphatic heterocycles. The maximum Gasteiger partial charge on any atom is 0.103 e. The third-order valence-electron chi connectivity index (χ3n) is 2.57. The topological polar surface area (TPSA) is 29.5 Å². The summed E-state index contributed by atoms with van der Waals surface area (Å²) in [6.45, 7) is 0.750. The van der Waals surface area contributed by atoms with Crippen LogP contribution in [0.1, 0.15) is 24.5 Å². The van der Waals surface area contributed by atoms with Crippen LogP contribution in [0.2, 0.25) is 0 Å². The first-order chi connectivity index (χ1) is 7.68. The van der Waals surface area contributed by atoms with E-state index in [2.05, 4.69) is 31.9 Å². The molecule has 0 saturated heterocycles. The van der Waals surface area contributed by atoms with Crippen LogP contribution in [0.3, 0.4) is 0 Å². The van der Waals surface area contributed by atoms with E-state index in [-0.39, 0.29) is 0 Å². The Morgan fingerprint density at radius 1 is 1.25 bits per heavy atom. The van der Waals surface area contributed by atoms with E-state index in [1.165, 1.54) is 0 Å². The largest absolute Gasteiger partial charge is 0.501 e. The fraction of sp³-hybridized carbons (Fsp3) is 0.333. The van der Waals surface area contributed by atoms with Crippen molar-refractivity contribution in [3.05, 3.63) is 44.5 Å². The smallest absolute Gasteiger partial charge is 0.103 e. The van der Waals surface area contributed by atoms with E-state index in [0.717, 1.165) is 39.5 Å². The second kappa shape index (κ2) is 5.34. The van der Waals surface area contributed by atoms with Crippen molar-refractivity contribution in [3.8, 4) is 0 Å². The Labute approximate surface area is 112 Å². The van der Waals surface area contributed by atoms with Gasteiger partial charge in [-0.05, 0) is 68.0 Å². The first kappa shape index (κ1) is 12.1. The molecule has 1 N–H and O–H groups in total. The van der Waals surface area contributed by atoms with Crippen molar-refractivity contribution < 1.29 is 9.84 Å². The molecule has 0 radical (unpaired) electrons. The van der Waals surface area contributed by atoms with Crippen LogP contribution >= 0.6 is 31.9 Å². The number of aliphatic hydroxyl groups is 1. The molecule has 1 unspecified atom stereocenters. The van der Waals surface area contributed by atoms with Gasteiger partial charge < -0.3 is 9.84 Å². The standard InChI is InChI=1S/C12H12Br2O2/c13-10-4-3-8(6-11(10)14)12(15)9-2-1-5-16-7-9/h3-4,6-7,12,15H,1-2,5H2. The van der Waals surface area contributed by atoms with Crippen molar-refractivity contribution >= 4 is 31.9 Å². The summed E-state index contributed by atoms with van der Waals surface area (Å²) in [5.41, 5.74) is 1.83. The van der Waals surface area contributed by atoms with Gasteiger partial charge in [-0.2, -0.15) is 0 Å². The highest BCUT2D eigenvalue weighted by atomic mass is 79.9. The molecule has 1 aromatic rings. The van der Waals surface area contributed by atoms with Gasteiger partial charge in [0.2, 0.25) is 0 Å². The van der Waals surface area contributed by atoms with Crippen LogP contribution in [0.4, 0.5) is 0 Å². The molecule has 0 bridgehead atoms. The molecule has 1 aromatic carbocycles. The zero-order chi connectivity index (χ0) is 11.5. The summed E-state index contributed by atoms with van der Waals surface area (Å²) in [5.74, 6) is 0. The highest BCUT2D eigenvalue weighted by Gasteiger charge is 2.16. The summed E-state index contributed by atoms with van der Waals surface area (Å²) in [5, 5.41) is 10.2. The lowest BCUT2D eigenvalue weighted by molar-refractivity contribution is 0.170. The summed E-state index contributed by atoms with van der Waals surface area (Å²) in [6.07, 6.45) is 2.99. The molecule has 86 valence electrons. The third-order valence-corrected chi connectivity index (χ3v) is 4.45. The predicted octanol–water partition coefficient (Wildman–Crippen LogP) is 3.94. The lowest BCUT2D eigenvalue weighted by atomic mass is 9.98. The molecule has 0 amide bonds. The van der Waals surface area contributed by atoms with Gasteiger partial charge in [0.1, 0.15) is 6.10 Å². The van der Waals surface area contributed by atoms with Crippen LogP contribution in [0.25, 0.3) is 0 Å². The molecular formula is C12H12Br2O2. The average molecular weight is 348 g/mol. The molecule has 0 fully saturated rings. The van der Waals surface area contributed by atoms with E-state index in [0.29, 0.717) is 0 Å². The number of hydrogen-bond acceptors (Lipinski definition) is 2. The van der Waals surface area contributed by atoms with Gasteiger partial charge in [-0.25, -0.2) is 0 Å². The van der Waals surface area contributed by atoms with Gasteiger partial charge in [0.15, 0.2) is 0 Å². The maximum absolute atomic E-state index is 10.2. The van der Waals surface area contributed by atoms with Gasteiger partial charge in [0.25, 0.3) is 0 Å². The number of benzene rings is 1. The summed E-state index contributed by atoms with van der Waals surface area (Å²) in [4.78, 5) is 0. The predicted molar refractivity (Wildman–Crippen MR) is 70.1 cm³/mol. The van der Waals surface area contributed by atoms with Gasteiger partial charge in [-0.3, -0.25) is 0 Å². The Balaban J connectivity index is 2.22. The molecule has 1 heterocycles. The molecule has 16 heavy (non-hydrogen) atoms. The Morgan fingerprint density at radius 3 is 2.69 bits per heavy atom. The van der Waals surface area contributed by atoms with Crippen LogP contribution in [0, 0.1) is 0 Å². The molecular weight excluding hydrogens is 336 g/mol. The van der Waals surface area contributed by atoms with E-state index >= 15 is 0 Å². The fourth-order valence-electron chi connectivity index (χ4n) is 1.68. The monoisotopic (exact) mass is 346 g/mol. The second-order valence-corrected chi connectivity index (χ2v) is 5.45. The minimum atomic E-state index is -0.565. The summed E-state index contributed by atoms with van der Waals surface area (Å²) >= 11 is 6.84. The van der Waals surface area contributed by atoms with Crippen molar-refractivity contribution in [1.82, 2.24) is 0 Å². The minimum Gasteiger partial charge on any atom is -0.501 e. The second-order valence-electron chi connectivity index (χ2n) is 3.74. The Morgan fingerprint density at radius 2 is 2.06 bits per heavy atom. The highest BCUT2D eigenvalue weighted by Crippen LogP contribution is 2.31. The Hall–Kier alpha value is -0.320. The molecule has 0 spiro atoms. The fourth-order valence-corrected chi connectivity index (χ4v) is 2.33. The Bertz CT molecular complexity index is 415. The van der Waals surface area contributed by atoms with E-state index in [4.69, 9.17) is 4.74 Å². The van der Waals surface area contributed by atoms with Crippen LogP contribution in [0.15, 0.2) is 39.0 Å². The van der Waals surface area contributed by atoms with Gasteiger partial charge in [0.05, 0.1) is 12.9 Å².